The molecule has 24 heavy (non-hydrogen) atoms. The van der Waals surface area contributed by atoms with Crippen LogP contribution >= 0.6 is 11.8 Å². The molecule has 0 amide bonds. The van der Waals surface area contributed by atoms with Crippen molar-refractivity contribution in [1.82, 2.24) is 9.29 Å². The Balaban J connectivity index is 1.39. The van der Waals surface area contributed by atoms with Crippen LogP contribution in [0.4, 0.5) is 0 Å². The van der Waals surface area contributed by atoms with Crippen LogP contribution in [0, 0.1) is 0 Å². The van der Waals surface area contributed by atoms with Crippen LogP contribution in [-0.2, 0) is 10.0 Å². The second kappa shape index (κ2) is 6.06. The summed E-state index contributed by atoms with van der Waals surface area (Å²) in [6.45, 7) is 1.11. The van der Waals surface area contributed by atoms with E-state index in [-0.39, 0.29) is 10.9 Å². The highest BCUT2D eigenvalue weighted by Gasteiger charge is 2.53. The van der Waals surface area contributed by atoms with Crippen molar-refractivity contribution in [3.63, 3.8) is 0 Å². The van der Waals surface area contributed by atoms with Crippen molar-refractivity contribution in [2.75, 3.05) is 18.8 Å². The molecule has 2 aliphatic rings. The SMILES string of the molecule is O=S(=O)(c1ccccc1)N1CC2(CC(Oc3cccnc3)CS2)C1. The number of benzene rings is 1. The minimum absolute atomic E-state index is 0.00523. The highest BCUT2D eigenvalue weighted by atomic mass is 32.2. The topological polar surface area (TPSA) is 59.5 Å². The monoisotopic (exact) mass is 362 g/mol. The first-order valence-electron chi connectivity index (χ1n) is 7.83. The normalized spacial score (nSPS) is 23.1. The van der Waals surface area contributed by atoms with Gasteiger partial charge < -0.3 is 4.74 Å². The molecule has 0 radical (unpaired) electrons. The van der Waals surface area contributed by atoms with Crippen LogP contribution in [0.3, 0.4) is 0 Å². The molecule has 0 N–H and O–H groups in total. The van der Waals surface area contributed by atoms with Crippen LogP contribution in [-0.4, -0.2) is 47.4 Å². The zero-order chi connectivity index (χ0) is 16.6. The summed E-state index contributed by atoms with van der Waals surface area (Å²) in [5.74, 6) is 1.65. The summed E-state index contributed by atoms with van der Waals surface area (Å²) in [5.41, 5.74) is 0. The number of rotatable bonds is 4. The lowest BCUT2D eigenvalue weighted by atomic mass is 9.95. The minimum Gasteiger partial charge on any atom is -0.488 e. The third-order valence-electron chi connectivity index (χ3n) is 4.42. The van der Waals surface area contributed by atoms with Gasteiger partial charge in [-0.05, 0) is 24.3 Å². The Bertz CT molecular complexity index is 806. The molecule has 3 heterocycles. The van der Waals surface area contributed by atoms with Crippen molar-refractivity contribution in [3.05, 3.63) is 54.9 Å². The van der Waals surface area contributed by atoms with Gasteiger partial charge in [0.1, 0.15) is 11.9 Å². The summed E-state index contributed by atoms with van der Waals surface area (Å²) in [6.07, 6.45) is 4.41. The fourth-order valence-electron chi connectivity index (χ4n) is 3.22. The summed E-state index contributed by atoms with van der Waals surface area (Å²) in [5, 5.41) is 0. The van der Waals surface area contributed by atoms with E-state index in [2.05, 4.69) is 4.98 Å². The van der Waals surface area contributed by atoms with Crippen molar-refractivity contribution >= 4 is 21.8 Å². The van der Waals surface area contributed by atoms with Crippen LogP contribution in [0.5, 0.6) is 5.75 Å². The van der Waals surface area contributed by atoms with Crippen LogP contribution in [0.25, 0.3) is 0 Å². The first kappa shape index (κ1) is 15.9. The molecule has 7 heteroatoms. The first-order valence-corrected chi connectivity index (χ1v) is 10.3. The van der Waals surface area contributed by atoms with E-state index in [1.54, 1.807) is 41.0 Å². The molecular weight excluding hydrogens is 344 g/mol. The van der Waals surface area contributed by atoms with Gasteiger partial charge in [0.15, 0.2) is 0 Å². The molecule has 2 aromatic rings. The third kappa shape index (κ3) is 2.92. The smallest absolute Gasteiger partial charge is 0.243 e. The summed E-state index contributed by atoms with van der Waals surface area (Å²) >= 11 is 1.82. The molecule has 2 fully saturated rings. The molecule has 1 spiro atoms. The van der Waals surface area contributed by atoms with Gasteiger partial charge >= 0.3 is 0 Å². The summed E-state index contributed by atoms with van der Waals surface area (Å²) in [6, 6.07) is 12.4. The lowest BCUT2D eigenvalue weighted by Gasteiger charge is -2.46. The average Bonchev–Trinajstić information content (AvgIpc) is 3.00. The molecule has 5 nitrogen and oxygen atoms in total. The lowest BCUT2D eigenvalue weighted by Crippen LogP contribution is -2.60. The van der Waals surface area contributed by atoms with E-state index in [0.29, 0.717) is 18.0 Å². The van der Waals surface area contributed by atoms with Gasteiger partial charge in [0.25, 0.3) is 0 Å². The van der Waals surface area contributed by atoms with Crippen LogP contribution < -0.4 is 4.74 Å². The molecule has 0 bridgehead atoms. The van der Waals surface area contributed by atoms with Crippen molar-refractivity contribution in [2.24, 2.45) is 0 Å². The van der Waals surface area contributed by atoms with Crippen molar-refractivity contribution in [3.8, 4) is 5.75 Å². The molecule has 2 saturated heterocycles. The van der Waals surface area contributed by atoms with E-state index in [9.17, 15) is 8.42 Å². The van der Waals surface area contributed by atoms with Gasteiger partial charge in [0.2, 0.25) is 10.0 Å². The molecule has 0 saturated carbocycles. The Hall–Kier alpha value is -1.57. The van der Waals surface area contributed by atoms with Gasteiger partial charge in [0, 0.05) is 36.2 Å². The molecular formula is C17H18N2O3S2. The molecule has 1 unspecified atom stereocenters. The number of sulfonamides is 1. The van der Waals surface area contributed by atoms with Gasteiger partial charge in [-0.15, -0.1) is 11.8 Å². The van der Waals surface area contributed by atoms with E-state index in [0.717, 1.165) is 17.9 Å². The second-order valence-electron chi connectivity index (χ2n) is 6.21. The Morgan fingerprint density at radius 3 is 2.67 bits per heavy atom. The molecule has 1 atom stereocenters. The van der Waals surface area contributed by atoms with E-state index in [1.165, 1.54) is 0 Å². The number of thioether (sulfide) groups is 1. The largest absolute Gasteiger partial charge is 0.488 e. The molecule has 0 aliphatic carbocycles. The predicted molar refractivity (Wildman–Crippen MR) is 93.7 cm³/mol. The first-order chi connectivity index (χ1) is 11.6. The minimum atomic E-state index is -3.37. The predicted octanol–water partition coefficient (Wildman–Crippen LogP) is 2.41. The molecule has 4 rings (SSSR count). The van der Waals surface area contributed by atoms with Crippen molar-refractivity contribution in [2.45, 2.75) is 22.2 Å². The second-order valence-corrected chi connectivity index (χ2v) is 9.64. The maximum absolute atomic E-state index is 12.6. The van der Waals surface area contributed by atoms with Gasteiger partial charge in [-0.1, -0.05) is 18.2 Å². The highest BCUT2D eigenvalue weighted by molar-refractivity contribution is 8.01. The van der Waals surface area contributed by atoms with E-state index in [1.807, 2.05) is 30.0 Å². The van der Waals surface area contributed by atoms with E-state index < -0.39 is 10.0 Å². The molecule has 1 aromatic carbocycles. The fourth-order valence-corrected chi connectivity index (χ4v) is 6.54. The fraction of sp³-hybridized carbons (Fsp3) is 0.353. The summed E-state index contributed by atoms with van der Waals surface area (Å²) in [7, 11) is -3.37. The Morgan fingerprint density at radius 1 is 1.17 bits per heavy atom. The highest BCUT2D eigenvalue weighted by Crippen LogP contribution is 2.47. The number of aromatic nitrogens is 1. The van der Waals surface area contributed by atoms with Crippen LogP contribution in [0.1, 0.15) is 6.42 Å². The van der Waals surface area contributed by atoms with Gasteiger partial charge in [0.05, 0.1) is 11.1 Å². The van der Waals surface area contributed by atoms with Crippen molar-refractivity contribution < 1.29 is 13.2 Å². The molecule has 1 aromatic heterocycles. The Morgan fingerprint density at radius 2 is 1.96 bits per heavy atom. The standard InChI is InChI=1S/C17H18N2O3S2/c20-24(21,16-6-2-1-3-7-16)19-12-17(13-19)9-15(11-23-17)22-14-5-4-8-18-10-14/h1-8,10,15H,9,11-13H2. The van der Waals surface area contributed by atoms with Gasteiger partial charge in [-0.3, -0.25) is 4.98 Å². The van der Waals surface area contributed by atoms with Crippen molar-refractivity contribution in [1.29, 1.82) is 0 Å². The lowest BCUT2D eigenvalue weighted by molar-refractivity contribution is 0.159. The van der Waals surface area contributed by atoms with E-state index in [4.69, 9.17) is 4.74 Å². The Labute approximate surface area is 146 Å². The molecule has 2 aliphatic heterocycles. The maximum Gasteiger partial charge on any atom is 0.243 e. The van der Waals surface area contributed by atoms with Gasteiger partial charge in [-0.2, -0.15) is 4.31 Å². The van der Waals surface area contributed by atoms with Gasteiger partial charge in [-0.25, -0.2) is 8.42 Å². The number of hydrogen-bond donors (Lipinski definition) is 0. The summed E-state index contributed by atoms with van der Waals surface area (Å²) in [4.78, 5) is 4.42. The molecule has 126 valence electrons. The van der Waals surface area contributed by atoms with Crippen LogP contribution in [0.15, 0.2) is 59.8 Å². The maximum atomic E-state index is 12.6. The van der Waals surface area contributed by atoms with Crippen LogP contribution in [0.2, 0.25) is 0 Å². The summed E-state index contributed by atoms with van der Waals surface area (Å²) < 4.78 is 32.7. The zero-order valence-electron chi connectivity index (χ0n) is 13.0. The number of pyridine rings is 1. The van der Waals surface area contributed by atoms with E-state index >= 15 is 0 Å². The third-order valence-corrected chi connectivity index (χ3v) is 7.80. The zero-order valence-corrected chi connectivity index (χ0v) is 14.7. The number of hydrogen-bond acceptors (Lipinski definition) is 5. The Kier molecular flexibility index (Phi) is 4.02. The average molecular weight is 362 g/mol. The number of ether oxygens (including phenoxy) is 1. The quantitative estimate of drug-likeness (QED) is 0.836. The number of nitrogens with zero attached hydrogens (tertiary/aromatic N) is 2.